The molecular formula is C16H18N4O2S. The number of hydrogen-bond acceptors (Lipinski definition) is 4. The van der Waals surface area contributed by atoms with Gasteiger partial charge in [-0.25, -0.2) is 13.1 Å². The summed E-state index contributed by atoms with van der Waals surface area (Å²) in [5.74, 6) is 0.493. The first-order valence-corrected chi connectivity index (χ1v) is 8.79. The van der Waals surface area contributed by atoms with Crippen LogP contribution in [0.15, 0.2) is 53.4 Å². The summed E-state index contributed by atoms with van der Waals surface area (Å²) < 4.78 is 28.2. The molecule has 0 aliphatic rings. The van der Waals surface area contributed by atoms with E-state index in [0.29, 0.717) is 18.9 Å². The van der Waals surface area contributed by atoms with Crippen LogP contribution in [-0.2, 0) is 16.6 Å². The highest BCUT2D eigenvalue weighted by Gasteiger charge is 2.12. The predicted octanol–water partition coefficient (Wildman–Crippen LogP) is 1.96. The van der Waals surface area contributed by atoms with E-state index in [1.165, 1.54) is 0 Å². The number of rotatable bonds is 5. The van der Waals surface area contributed by atoms with Crippen molar-refractivity contribution in [2.24, 2.45) is 0 Å². The Morgan fingerprint density at radius 1 is 1.13 bits per heavy atom. The molecule has 23 heavy (non-hydrogen) atoms. The van der Waals surface area contributed by atoms with Crippen LogP contribution in [0.25, 0.3) is 10.9 Å². The number of aromatic nitrogens is 2. The number of benzene rings is 2. The lowest BCUT2D eigenvalue weighted by molar-refractivity contribution is 0.584. The average molecular weight is 330 g/mol. The number of nitrogen functional groups attached to an aromatic ring is 1. The zero-order chi connectivity index (χ0) is 16.4. The molecule has 0 amide bonds. The number of hydrogen-bond donors (Lipinski definition) is 2. The van der Waals surface area contributed by atoms with Crippen LogP contribution in [0.2, 0.25) is 0 Å². The van der Waals surface area contributed by atoms with Crippen LogP contribution in [0.3, 0.4) is 0 Å². The van der Waals surface area contributed by atoms with Crippen molar-refractivity contribution in [3.63, 3.8) is 0 Å². The first-order chi connectivity index (χ1) is 11.0. The zero-order valence-electron chi connectivity index (χ0n) is 12.7. The van der Waals surface area contributed by atoms with Gasteiger partial charge in [0.05, 0.1) is 17.0 Å². The molecule has 3 aromatic rings. The van der Waals surface area contributed by atoms with E-state index in [1.807, 2.05) is 28.9 Å². The van der Waals surface area contributed by atoms with Crippen LogP contribution in [-0.4, -0.2) is 24.7 Å². The number of sulfonamides is 1. The Morgan fingerprint density at radius 3 is 2.52 bits per heavy atom. The van der Waals surface area contributed by atoms with Gasteiger partial charge in [0.15, 0.2) is 5.82 Å². The van der Waals surface area contributed by atoms with E-state index in [1.54, 1.807) is 31.2 Å². The summed E-state index contributed by atoms with van der Waals surface area (Å²) in [5, 5.41) is 5.27. The van der Waals surface area contributed by atoms with Crippen molar-refractivity contribution in [2.45, 2.75) is 18.4 Å². The third-order valence-electron chi connectivity index (χ3n) is 3.59. The van der Waals surface area contributed by atoms with E-state index in [4.69, 9.17) is 5.73 Å². The minimum atomic E-state index is -3.42. The number of nitrogens with zero attached hydrogens (tertiary/aromatic N) is 2. The number of fused-ring (bicyclic) bond motifs is 1. The maximum Gasteiger partial charge on any atom is 0.240 e. The molecule has 0 spiro atoms. The largest absolute Gasteiger partial charge is 0.382 e. The fourth-order valence-corrected chi connectivity index (χ4v) is 3.54. The first kappa shape index (κ1) is 15.5. The van der Waals surface area contributed by atoms with Gasteiger partial charge >= 0.3 is 0 Å². The Bertz CT molecular complexity index is 930. The second-order valence-corrected chi connectivity index (χ2v) is 6.97. The zero-order valence-corrected chi connectivity index (χ0v) is 13.5. The minimum absolute atomic E-state index is 0.257. The van der Waals surface area contributed by atoms with Crippen molar-refractivity contribution >= 4 is 26.7 Å². The molecule has 0 atom stereocenters. The van der Waals surface area contributed by atoms with Gasteiger partial charge < -0.3 is 5.73 Å². The number of anilines is 1. The third-order valence-corrected chi connectivity index (χ3v) is 5.15. The van der Waals surface area contributed by atoms with Gasteiger partial charge in [0, 0.05) is 11.9 Å². The maximum absolute atomic E-state index is 11.9. The molecule has 3 rings (SSSR count). The molecule has 7 heteroatoms. The van der Waals surface area contributed by atoms with E-state index in [9.17, 15) is 8.42 Å². The smallest absolute Gasteiger partial charge is 0.240 e. The first-order valence-electron chi connectivity index (χ1n) is 7.31. The molecule has 0 aliphatic heterocycles. The molecular weight excluding hydrogens is 312 g/mol. The molecule has 0 fully saturated rings. The Kier molecular flexibility index (Phi) is 4.06. The van der Waals surface area contributed by atoms with Crippen molar-refractivity contribution in [2.75, 3.05) is 12.3 Å². The van der Waals surface area contributed by atoms with Crippen molar-refractivity contribution in [3.05, 3.63) is 54.1 Å². The third kappa shape index (κ3) is 3.06. The van der Waals surface area contributed by atoms with Crippen LogP contribution < -0.4 is 10.5 Å². The topological polar surface area (TPSA) is 90.0 Å². The average Bonchev–Trinajstić information content (AvgIpc) is 2.85. The van der Waals surface area contributed by atoms with Gasteiger partial charge in [0.25, 0.3) is 0 Å². The fraction of sp³-hybridized carbons (Fsp3) is 0.188. The van der Waals surface area contributed by atoms with Crippen molar-refractivity contribution < 1.29 is 8.42 Å². The highest BCUT2D eigenvalue weighted by atomic mass is 32.2. The summed E-state index contributed by atoms with van der Waals surface area (Å²) in [6.07, 6.45) is 0. The quantitative estimate of drug-likeness (QED) is 0.748. The molecule has 1 heterocycles. The van der Waals surface area contributed by atoms with Crippen LogP contribution in [0.4, 0.5) is 5.82 Å². The number of para-hydroxylation sites is 1. The summed E-state index contributed by atoms with van der Waals surface area (Å²) in [4.78, 5) is 0.257. The van der Waals surface area contributed by atoms with Gasteiger partial charge in [-0.15, -0.1) is 0 Å². The number of nitrogens with two attached hydrogens (primary N) is 1. The normalized spacial score (nSPS) is 11.9. The lowest BCUT2D eigenvalue weighted by Crippen LogP contribution is -2.23. The SMILES string of the molecule is CCNS(=O)(=O)c1ccc(Cn2nc(N)c3ccccc32)cc1. The summed E-state index contributed by atoms with van der Waals surface area (Å²) >= 11 is 0. The summed E-state index contributed by atoms with van der Waals surface area (Å²) in [6.45, 7) is 2.64. The molecule has 1 aromatic heterocycles. The van der Waals surface area contributed by atoms with E-state index < -0.39 is 10.0 Å². The van der Waals surface area contributed by atoms with Gasteiger partial charge in [-0.2, -0.15) is 5.10 Å². The Labute approximate surface area is 135 Å². The van der Waals surface area contributed by atoms with Gasteiger partial charge in [0.1, 0.15) is 0 Å². The summed E-state index contributed by atoms with van der Waals surface area (Å²) in [5.41, 5.74) is 7.83. The summed E-state index contributed by atoms with van der Waals surface area (Å²) in [7, 11) is -3.42. The molecule has 0 saturated carbocycles. The van der Waals surface area contributed by atoms with Crippen molar-refractivity contribution in [1.82, 2.24) is 14.5 Å². The Balaban J connectivity index is 1.89. The molecule has 0 unspecified atom stereocenters. The fourth-order valence-electron chi connectivity index (χ4n) is 2.49. The minimum Gasteiger partial charge on any atom is -0.382 e. The Hall–Kier alpha value is -2.38. The van der Waals surface area contributed by atoms with E-state index in [-0.39, 0.29) is 4.90 Å². The molecule has 120 valence electrons. The van der Waals surface area contributed by atoms with Crippen LogP contribution >= 0.6 is 0 Å². The Morgan fingerprint density at radius 2 is 1.83 bits per heavy atom. The lowest BCUT2D eigenvalue weighted by atomic mass is 10.2. The highest BCUT2D eigenvalue weighted by Crippen LogP contribution is 2.21. The van der Waals surface area contributed by atoms with E-state index in [2.05, 4.69) is 9.82 Å². The molecule has 6 nitrogen and oxygen atoms in total. The predicted molar refractivity (Wildman–Crippen MR) is 90.6 cm³/mol. The lowest BCUT2D eigenvalue weighted by Gasteiger charge is -2.07. The number of nitrogens with one attached hydrogen (secondary N) is 1. The van der Waals surface area contributed by atoms with Crippen molar-refractivity contribution in [3.8, 4) is 0 Å². The van der Waals surface area contributed by atoms with Crippen LogP contribution in [0.5, 0.6) is 0 Å². The standard InChI is InChI=1S/C16H18N4O2S/c1-2-18-23(21,22)13-9-7-12(8-10-13)11-20-15-6-4-3-5-14(15)16(17)19-20/h3-10,18H,2,11H2,1H3,(H2,17,19). The monoisotopic (exact) mass is 330 g/mol. The molecule has 0 radical (unpaired) electrons. The summed E-state index contributed by atoms with van der Waals surface area (Å²) in [6, 6.07) is 14.5. The van der Waals surface area contributed by atoms with Gasteiger partial charge in [-0.1, -0.05) is 31.2 Å². The van der Waals surface area contributed by atoms with Crippen LogP contribution in [0.1, 0.15) is 12.5 Å². The molecule has 3 N–H and O–H groups in total. The van der Waals surface area contributed by atoms with Gasteiger partial charge in [-0.3, -0.25) is 4.68 Å². The molecule has 0 saturated heterocycles. The molecule has 0 bridgehead atoms. The maximum atomic E-state index is 11.9. The molecule has 2 aromatic carbocycles. The molecule has 0 aliphatic carbocycles. The van der Waals surface area contributed by atoms with Gasteiger partial charge in [-0.05, 0) is 29.8 Å². The second-order valence-electron chi connectivity index (χ2n) is 5.21. The second kappa shape index (κ2) is 6.02. The van der Waals surface area contributed by atoms with Crippen molar-refractivity contribution in [1.29, 1.82) is 0 Å². The highest BCUT2D eigenvalue weighted by molar-refractivity contribution is 7.89. The van der Waals surface area contributed by atoms with Crippen LogP contribution in [0, 0.1) is 0 Å². The van der Waals surface area contributed by atoms with E-state index in [0.717, 1.165) is 16.5 Å². The van der Waals surface area contributed by atoms with Gasteiger partial charge in [0.2, 0.25) is 10.0 Å². The van der Waals surface area contributed by atoms with E-state index >= 15 is 0 Å².